The Labute approximate surface area is 146 Å². The van der Waals surface area contributed by atoms with Gasteiger partial charge in [-0.15, -0.1) is 5.10 Å². The van der Waals surface area contributed by atoms with Crippen molar-refractivity contribution < 1.29 is 0 Å². The van der Waals surface area contributed by atoms with Crippen molar-refractivity contribution in [3.05, 3.63) is 65.3 Å². The molecule has 0 unspecified atom stereocenters. The standard InChI is InChI=1S/C18H18ClN5/c1-12(2)13-3-7-15(8-4-13)21-17-11-20-24-18(23-17)22-16-9-5-14(19)6-10-16/h3-12H,1-2H3,(H2,21,22,23,24). The first-order chi connectivity index (χ1) is 11.6. The lowest BCUT2D eigenvalue weighted by atomic mass is 10.0. The quantitative estimate of drug-likeness (QED) is 0.674. The third-order valence-corrected chi connectivity index (χ3v) is 3.76. The van der Waals surface area contributed by atoms with Gasteiger partial charge in [-0.25, -0.2) is 0 Å². The Morgan fingerprint density at radius 2 is 1.50 bits per heavy atom. The van der Waals surface area contributed by atoms with Gasteiger partial charge in [-0.1, -0.05) is 37.6 Å². The third-order valence-electron chi connectivity index (χ3n) is 3.51. The summed E-state index contributed by atoms with van der Waals surface area (Å²) in [7, 11) is 0. The van der Waals surface area contributed by atoms with Crippen molar-refractivity contribution in [2.75, 3.05) is 10.6 Å². The lowest BCUT2D eigenvalue weighted by molar-refractivity contribution is 0.867. The number of halogens is 1. The van der Waals surface area contributed by atoms with Crippen LogP contribution in [-0.4, -0.2) is 15.2 Å². The SMILES string of the molecule is CC(C)c1ccc(Nc2cnnc(Nc3ccc(Cl)cc3)n2)cc1. The van der Waals surface area contributed by atoms with Gasteiger partial charge in [0.1, 0.15) is 0 Å². The zero-order valence-electron chi connectivity index (χ0n) is 13.5. The number of hydrogen-bond donors (Lipinski definition) is 2. The molecule has 6 heteroatoms. The van der Waals surface area contributed by atoms with Gasteiger partial charge in [0.2, 0.25) is 5.95 Å². The summed E-state index contributed by atoms with van der Waals surface area (Å²) in [5.74, 6) is 1.55. The fourth-order valence-corrected chi connectivity index (χ4v) is 2.30. The molecule has 5 nitrogen and oxygen atoms in total. The molecular formula is C18H18ClN5. The van der Waals surface area contributed by atoms with Crippen molar-refractivity contribution in [2.24, 2.45) is 0 Å². The second-order valence-electron chi connectivity index (χ2n) is 5.70. The summed E-state index contributed by atoms with van der Waals surface area (Å²) in [6, 6.07) is 15.6. The Hall–Kier alpha value is -2.66. The number of aromatic nitrogens is 3. The monoisotopic (exact) mass is 339 g/mol. The summed E-state index contributed by atoms with van der Waals surface area (Å²) < 4.78 is 0. The van der Waals surface area contributed by atoms with Crippen molar-refractivity contribution in [1.82, 2.24) is 15.2 Å². The highest BCUT2D eigenvalue weighted by atomic mass is 35.5. The van der Waals surface area contributed by atoms with Gasteiger partial charge in [0, 0.05) is 16.4 Å². The van der Waals surface area contributed by atoms with Crippen molar-refractivity contribution in [2.45, 2.75) is 19.8 Å². The molecule has 1 heterocycles. The van der Waals surface area contributed by atoms with Gasteiger partial charge in [-0.3, -0.25) is 0 Å². The van der Waals surface area contributed by atoms with Gasteiger partial charge in [0.15, 0.2) is 5.82 Å². The van der Waals surface area contributed by atoms with Crippen LogP contribution in [0.4, 0.5) is 23.1 Å². The summed E-state index contributed by atoms with van der Waals surface area (Å²) in [5.41, 5.74) is 3.10. The molecule has 0 atom stereocenters. The first-order valence-electron chi connectivity index (χ1n) is 7.69. The number of nitrogens with one attached hydrogen (secondary N) is 2. The molecule has 0 bridgehead atoms. The zero-order chi connectivity index (χ0) is 16.9. The van der Waals surface area contributed by atoms with Gasteiger partial charge in [-0.2, -0.15) is 10.1 Å². The fraction of sp³-hybridized carbons (Fsp3) is 0.167. The van der Waals surface area contributed by atoms with Crippen LogP contribution in [0.2, 0.25) is 5.02 Å². The molecule has 0 saturated carbocycles. The molecule has 1 aromatic heterocycles. The van der Waals surface area contributed by atoms with Crippen molar-refractivity contribution >= 4 is 34.7 Å². The number of hydrogen-bond acceptors (Lipinski definition) is 5. The fourth-order valence-electron chi connectivity index (χ4n) is 2.18. The first-order valence-corrected chi connectivity index (χ1v) is 8.07. The normalized spacial score (nSPS) is 10.7. The van der Waals surface area contributed by atoms with Crippen LogP contribution in [0.5, 0.6) is 0 Å². The lowest BCUT2D eigenvalue weighted by Crippen LogP contribution is -2.02. The minimum atomic E-state index is 0.418. The average molecular weight is 340 g/mol. The highest BCUT2D eigenvalue weighted by Gasteiger charge is 2.03. The molecule has 0 fully saturated rings. The Morgan fingerprint density at radius 3 is 2.17 bits per heavy atom. The topological polar surface area (TPSA) is 62.7 Å². The van der Waals surface area contributed by atoms with Crippen LogP contribution in [0.3, 0.4) is 0 Å². The van der Waals surface area contributed by atoms with E-state index < -0.39 is 0 Å². The minimum Gasteiger partial charge on any atom is -0.339 e. The molecule has 0 spiro atoms. The Bertz CT molecular complexity index is 800. The summed E-state index contributed by atoms with van der Waals surface area (Å²) in [5, 5.41) is 15.0. The molecule has 3 aromatic rings. The van der Waals surface area contributed by atoms with Gasteiger partial charge >= 0.3 is 0 Å². The molecule has 122 valence electrons. The van der Waals surface area contributed by atoms with Crippen molar-refractivity contribution in [3.8, 4) is 0 Å². The molecule has 0 aliphatic heterocycles. The Balaban J connectivity index is 1.71. The molecule has 24 heavy (non-hydrogen) atoms. The van der Waals surface area contributed by atoms with E-state index in [1.807, 2.05) is 24.3 Å². The van der Waals surface area contributed by atoms with E-state index in [-0.39, 0.29) is 0 Å². The highest BCUT2D eigenvalue weighted by molar-refractivity contribution is 6.30. The molecule has 0 saturated heterocycles. The molecule has 2 N–H and O–H groups in total. The average Bonchev–Trinajstić information content (AvgIpc) is 2.58. The van der Waals surface area contributed by atoms with E-state index in [2.05, 4.69) is 51.8 Å². The van der Waals surface area contributed by atoms with E-state index in [1.54, 1.807) is 18.3 Å². The maximum absolute atomic E-state index is 5.88. The van der Waals surface area contributed by atoms with E-state index in [4.69, 9.17) is 11.6 Å². The van der Waals surface area contributed by atoms with Crippen molar-refractivity contribution in [3.63, 3.8) is 0 Å². The molecule has 0 aliphatic carbocycles. The van der Waals surface area contributed by atoms with Gasteiger partial charge in [-0.05, 0) is 47.9 Å². The number of rotatable bonds is 5. The molecule has 2 aromatic carbocycles. The van der Waals surface area contributed by atoms with E-state index in [9.17, 15) is 0 Å². The number of anilines is 4. The summed E-state index contributed by atoms with van der Waals surface area (Å²) in [6.45, 7) is 4.34. The summed E-state index contributed by atoms with van der Waals surface area (Å²) >= 11 is 5.88. The molecule has 0 aliphatic rings. The molecular weight excluding hydrogens is 322 g/mol. The van der Waals surface area contributed by atoms with Crippen LogP contribution in [0, 0.1) is 0 Å². The second-order valence-corrected chi connectivity index (χ2v) is 6.14. The molecule has 0 amide bonds. The molecule has 0 radical (unpaired) electrons. The lowest BCUT2D eigenvalue weighted by Gasteiger charge is -2.09. The van der Waals surface area contributed by atoms with Gasteiger partial charge in [0.05, 0.1) is 6.20 Å². The second kappa shape index (κ2) is 7.27. The van der Waals surface area contributed by atoms with E-state index in [0.29, 0.717) is 22.7 Å². The summed E-state index contributed by atoms with van der Waals surface area (Å²) in [6.07, 6.45) is 1.59. The van der Waals surface area contributed by atoms with Crippen LogP contribution in [0.15, 0.2) is 54.7 Å². The van der Waals surface area contributed by atoms with Crippen molar-refractivity contribution in [1.29, 1.82) is 0 Å². The van der Waals surface area contributed by atoms with Gasteiger partial charge in [0.25, 0.3) is 0 Å². The van der Waals surface area contributed by atoms with Crippen LogP contribution >= 0.6 is 11.6 Å². The van der Waals surface area contributed by atoms with E-state index in [1.165, 1.54) is 5.56 Å². The maximum atomic E-state index is 5.88. The maximum Gasteiger partial charge on any atom is 0.249 e. The van der Waals surface area contributed by atoms with Crippen LogP contribution in [-0.2, 0) is 0 Å². The van der Waals surface area contributed by atoms with Gasteiger partial charge < -0.3 is 10.6 Å². The summed E-state index contributed by atoms with van der Waals surface area (Å²) in [4.78, 5) is 4.41. The predicted octanol–water partition coefficient (Wildman–Crippen LogP) is 5.14. The van der Waals surface area contributed by atoms with Crippen LogP contribution in [0.1, 0.15) is 25.3 Å². The number of nitrogens with zero attached hydrogens (tertiary/aromatic N) is 3. The van der Waals surface area contributed by atoms with Crippen LogP contribution in [0.25, 0.3) is 0 Å². The first kappa shape index (κ1) is 16.2. The highest BCUT2D eigenvalue weighted by Crippen LogP contribution is 2.21. The minimum absolute atomic E-state index is 0.418. The number of benzene rings is 2. The zero-order valence-corrected chi connectivity index (χ0v) is 14.2. The Morgan fingerprint density at radius 1 is 0.875 bits per heavy atom. The largest absolute Gasteiger partial charge is 0.339 e. The third kappa shape index (κ3) is 4.20. The Kier molecular flexibility index (Phi) is 4.91. The van der Waals surface area contributed by atoms with E-state index >= 15 is 0 Å². The van der Waals surface area contributed by atoms with E-state index in [0.717, 1.165) is 11.4 Å². The predicted molar refractivity (Wildman–Crippen MR) is 98.4 cm³/mol. The van der Waals surface area contributed by atoms with Crippen LogP contribution < -0.4 is 10.6 Å². The molecule has 3 rings (SSSR count). The smallest absolute Gasteiger partial charge is 0.249 e.